The number of aromatic nitrogens is 1. The van der Waals surface area contributed by atoms with Crippen molar-refractivity contribution in [2.75, 3.05) is 5.32 Å². The number of phenols is 1. The van der Waals surface area contributed by atoms with E-state index in [-0.39, 0.29) is 17.9 Å². The highest BCUT2D eigenvalue weighted by molar-refractivity contribution is 14.1. The fourth-order valence-electron chi connectivity index (χ4n) is 2.38. The number of aromatic hydroxyl groups is 1. The minimum Gasteiger partial charge on any atom is -0.506 e. The molecule has 162 valence electrons. The van der Waals surface area contributed by atoms with Gasteiger partial charge in [0, 0.05) is 11.1 Å². The molecular weight excluding hydrogens is 659 g/mol. The molecule has 0 atom stereocenters. The number of nitrogens with one attached hydrogen (secondary N) is 2. The van der Waals surface area contributed by atoms with Crippen LogP contribution in [0.1, 0.15) is 16.8 Å². The molecule has 0 bridgehead atoms. The second-order valence-corrected chi connectivity index (χ2v) is 9.33. The van der Waals surface area contributed by atoms with Crippen molar-refractivity contribution in [2.24, 2.45) is 5.10 Å². The molecule has 0 unspecified atom stereocenters. The zero-order valence-electron chi connectivity index (χ0n) is 15.4. The van der Waals surface area contributed by atoms with Crippen molar-refractivity contribution in [2.45, 2.75) is 12.6 Å². The van der Waals surface area contributed by atoms with E-state index in [4.69, 9.17) is 0 Å². The molecule has 12 heteroatoms. The van der Waals surface area contributed by atoms with Crippen LogP contribution >= 0.6 is 56.5 Å². The molecule has 0 aliphatic heterocycles. The maximum Gasteiger partial charge on any atom is 0.416 e. The van der Waals surface area contributed by atoms with Crippen LogP contribution in [-0.4, -0.2) is 22.2 Å². The van der Waals surface area contributed by atoms with Gasteiger partial charge in [0.1, 0.15) is 5.75 Å². The van der Waals surface area contributed by atoms with Gasteiger partial charge in [0.25, 0.3) is 0 Å². The number of thiazole rings is 1. The Morgan fingerprint density at radius 3 is 2.61 bits per heavy atom. The Hall–Kier alpha value is -1.94. The minimum atomic E-state index is -4.43. The fourth-order valence-corrected chi connectivity index (χ4v) is 4.93. The number of rotatable bonds is 6. The van der Waals surface area contributed by atoms with Crippen LogP contribution in [0.25, 0.3) is 0 Å². The second kappa shape index (κ2) is 10.1. The van der Waals surface area contributed by atoms with Crippen molar-refractivity contribution in [3.63, 3.8) is 0 Å². The Labute approximate surface area is 206 Å². The molecule has 0 fully saturated rings. The first kappa shape index (κ1) is 23.7. The topological polar surface area (TPSA) is 86.6 Å². The Morgan fingerprint density at radius 1 is 1.23 bits per heavy atom. The summed E-state index contributed by atoms with van der Waals surface area (Å²) in [5.41, 5.74) is 3.07. The standard InChI is InChI=1S/C19H13F3I2N4O2S/c20-19(21,22)11-2-1-3-12(6-11)26-18-27-13(9-31-18)7-16(29)28-25-8-10-4-14(23)17(30)15(24)5-10/h1-6,8-9,30H,7H2,(H,26,27)(H,28,29)/b25-8-. The SMILES string of the molecule is O=C(Cc1csc(Nc2cccc(C(F)(F)F)c2)n1)N/N=C\c1cc(I)c(O)c(I)c1. The van der Waals surface area contributed by atoms with Gasteiger partial charge in [-0.15, -0.1) is 11.3 Å². The molecule has 2 aromatic carbocycles. The summed E-state index contributed by atoms with van der Waals surface area (Å²) in [7, 11) is 0. The summed E-state index contributed by atoms with van der Waals surface area (Å²) in [4.78, 5) is 16.3. The number of hydrogen-bond acceptors (Lipinski definition) is 6. The zero-order valence-corrected chi connectivity index (χ0v) is 20.5. The first-order valence-corrected chi connectivity index (χ1v) is 11.5. The van der Waals surface area contributed by atoms with Crippen molar-refractivity contribution in [1.29, 1.82) is 0 Å². The molecule has 0 saturated heterocycles. The van der Waals surface area contributed by atoms with E-state index in [1.54, 1.807) is 17.5 Å². The first-order valence-electron chi connectivity index (χ1n) is 8.50. The largest absolute Gasteiger partial charge is 0.506 e. The van der Waals surface area contributed by atoms with Crippen LogP contribution in [0.5, 0.6) is 5.75 Å². The molecule has 0 aliphatic carbocycles. The van der Waals surface area contributed by atoms with Crippen LogP contribution in [0.3, 0.4) is 0 Å². The lowest BCUT2D eigenvalue weighted by Crippen LogP contribution is -2.20. The van der Waals surface area contributed by atoms with Crippen molar-refractivity contribution < 1.29 is 23.1 Å². The average Bonchev–Trinajstić information content (AvgIpc) is 3.12. The molecule has 1 amide bonds. The Kier molecular flexibility index (Phi) is 7.74. The number of hydrazone groups is 1. The van der Waals surface area contributed by atoms with Crippen LogP contribution in [0.15, 0.2) is 46.9 Å². The van der Waals surface area contributed by atoms with E-state index >= 15 is 0 Å². The number of alkyl halides is 3. The highest BCUT2D eigenvalue weighted by atomic mass is 127. The third kappa shape index (κ3) is 6.77. The van der Waals surface area contributed by atoms with Gasteiger partial charge in [-0.05, 0) is 81.1 Å². The van der Waals surface area contributed by atoms with Crippen molar-refractivity contribution in [3.05, 3.63) is 65.7 Å². The Balaban J connectivity index is 1.57. The molecule has 0 aliphatic rings. The number of anilines is 2. The number of nitrogens with zero attached hydrogens (tertiary/aromatic N) is 2. The molecule has 0 saturated carbocycles. The molecule has 0 radical (unpaired) electrons. The average molecular weight is 672 g/mol. The Bertz CT molecular complexity index is 1110. The number of phenolic OH excluding ortho intramolecular Hbond substituents is 1. The van der Waals surface area contributed by atoms with E-state index in [0.29, 0.717) is 23.5 Å². The summed E-state index contributed by atoms with van der Waals surface area (Å²) in [6.07, 6.45) is -3.01. The molecule has 6 nitrogen and oxygen atoms in total. The van der Waals surface area contributed by atoms with Crippen LogP contribution in [0, 0.1) is 7.14 Å². The van der Waals surface area contributed by atoms with E-state index < -0.39 is 17.6 Å². The lowest BCUT2D eigenvalue weighted by Gasteiger charge is -2.08. The predicted octanol–water partition coefficient (Wildman–Crippen LogP) is 5.51. The maximum atomic E-state index is 12.8. The van der Waals surface area contributed by atoms with Gasteiger partial charge in [-0.3, -0.25) is 4.79 Å². The molecular formula is C19H13F3I2N4O2S. The summed E-state index contributed by atoms with van der Waals surface area (Å²) in [5.74, 6) is -0.198. The smallest absolute Gasteiger partial charge is 0.416 e. The van der Waals surface area contributed by atoms with Gasteiger partial charge < -0.3 is 10.4 Å². The fraction of sp³-hybridized carbons (Fsp3) is 0.105. The van der Waals surface area contributed by atoms with Crippen molar-refractivity contribution in [3.8, 4) is 5.75 Å². The normalized spacial score (nSPS) is 11.6. The van der Waals surface area contributed by atoms with Gasteiger partial charge in [-0.2, -0.15) is 18.3 Å². The van der Waals surface area contributed by atoms with Gasteiger partial charge in [0.05, 0.1) is 31.0 Å². The highest BCUT2D eigenvalue weighted by Gasteiger charge is 2.30. The van der Waals surface area contributed by atoms with Crippen molar-refractivity contribution >= 4 is 79.5 Å². The van der Waals surface area contributed by atoms with E-state index in [1.807, 2.05) is 45.2 Å². The third-order valence-corrected chi connectivity index (χ3v) is 6.23. The number of carbonyl (C=O) groups excluding carboxylic acids is 1. The monoisotopic (exact) mass is 672 g/mol. The number of amides is 1. The second-order valence-electron chi connectivity index (χ2n) is 6.15. The van der Waals surface area contributed by atoms with Gasteiger partial charge in [0.2, 0.25) is 5.91 Å². The van der Waals surface area contributed by atoms with E-state index in [9.17, 15) is 23.1 Å². The lowest BCUT2D eigenvalue weighted by molar-refractivity contribution is -0.137. The summed E-state index contributed by atoms with van der Waals surface area (Å²) in [6.45, 7) is 0. The van der Waals surface area contributed by atoms with E-state index in [0.717, 1.165) is 12.1 Å². The van der Waals surface area contributed by atoms with Crippen molar-refractivity contribution in [1.82, 2.24) is 10.4 Å². The van der Waals surface area contributed by atoms with Gasteiger partial charge in [0.15, 0.2) is 5.13 Å². The van der Waals surface area contributed by atoms with Crippen LogP contribution in [-0.2, 0) is 17.4 Å². The number of benzene rings is 2. The predicted molar refractivity (Wildman–Crippen MR) is 130 cm³/mol. The first-order chi connectivity index (χ1) is 14.6. The quantitative estimate of drug-likeness (QED) is 0.183. The van der Waals surface area contributed by atoms with Crippen LogP contribution in [0.4, 0.5) is 24.0 Å². The number of carbonyl (C=O) groups is 1. The van der Waals surface area contributed by atoms with Gasteiger partial charge in [-0.1, -0.05) is 6.07 Å². The molecule has 3 rings (SSSR count). The minimum absolute atomic E-state index is 0.0389. The van der Waals surface area contributed by atoms with Crippen LogP contribution in [0.2, 0.25) is 0 Å². The number of hydrogen-bond donors (Lipinski definition) is 3. The van der Waals surface area contributed by atoms with Gasteiger partial charge in [-0.25, -0.2) is 10.4 Å². The molecule has 1 aromatic heterocycles. The summed E-state index contributed by atoms with van der Waals surface area (Å²) >= 11 is 5.18. The number of halogens is 5. The van der Waals surface area contributed by atoms with Crippen LogP contribution < -0.4 is 10.7 Å². The molecule has 3 N–H and O–H groups in total. The summed E-state index contributed by atoms with van der Waals surface area (Å²) < 4.78 is 39.8. The zero-order chi connectivity index (χ0) is 22.6. The van der Waals surface area contributed by atoms with E-state index in [1.165, 1.54) is 29.7 Å². The van der Waals surface area contributed by atoms with Gasteiger partial charge >= 0.3 is 6.18 Å². The third-order valence-electron chi connectivity index (χ3n) is 3.78. The highest BCUT2D eigenvalue weighted by Crippen LogP contribution is 2.32. The van der Waals surface area contributed by atoms with E-state index in [2.05, 4.69) is 20.8 Å². The molecule has 0 spiro atoms. The summed E-state index contributed by atoms with van der Waals surface area (Å²) in [5, 5.41) is 18.5. The lowest BCUT2D eigenvalue weighted by atomic mass is 10.2. The molecule has 31 heavy (non-hydrogen) atoms. The molecule has 3 aromatic rings. The maximum absolute atomic E-state index is 12.8. The summed E-state index contributed by atoms with van der Waals surface area (Å²) in [6, 6.07) is 8.24. The molecule has 1 heterocycles. The Morgan fingerprint density at radius 2 is 1.94 bits per heavy atom.